The van der Waals surface area contributed by atoms with Gasteiger partial charge in [0, 0.05) is 11.6 Å². The van der Waals surface area contributed by atoms with Crippen LogP contribution in [0.4, 0.5) is 0 Å². The van der Waals surface area contributed by atoms with Gasteiger partial charge in [-0.3, -0.25) is 9.78 Å². The highest BCUT2D eigenvalue weighted by atomic mass is 16.5. The summed E-state index contributed by atoms with van der Waals surface area (Å²) in [6.07, 6.45) is 3.79. The summed E-state index contributed by atoms with van der Waals surface area (Å²) in [4.78, 5) is 28.5. The monoisotopic (exact) mass is 312 g/mol. The third-order valence-corrected chi connectivity index (χ3v) is 3.41. The number of nitrogens with one attached hydrogen (secondary N) is 1. The fourth-order valence-electron chi connectivity index (χ4n) is 2.15. The molecule has 1 aromatic heterocycles. The number of nitrogens with zero attached hydrogens (tertiary/aromatic N) is 1. The lowest BCUT2D eigenvalue weighted by molar-refractivity contribution is -0.142. The van der Waals surface area contributed by atoms with Gasteiger partial charge >= 0.3 is 5.97 Å². The Hall–Kier alpha value is -2.69. The molecule has 5 nitrogen and oxygen atoms in total. The van der Waals surface area contributed by atoms with Crippen LogP contribution in [0.25, 0.3) is 10.9 Å². The van der Waals surface area contributed by atoms with Gasteiger partial charge in [0.15, 0.2) is 0 Å². The quantitative estimate of drug-likeness (QED) is 0.681. The van der Waals surface area contributed by atoms with E-state index in [4.69, 9.17) is 4.74 Å². The molecule has 0 aliphatic heterocycles. The van der Waals surface area contributed by atoms with E-state index in [9.17, 15) is 9.59 Å². The highest BCUT2D eigenvalue weighted by Gasteiger charge is 2.21. The number of rotatable bonds is 5. The van der Waals surface area contributed by atoms with Gasteiger partial charge in [0.1, 0.15) is 6.04 Å². The van der Waals surface area contributed by atoms with Gasteiger partial charge in [0.25, 0.3) is 5.91 Å². The Morgan fingerprint density at radius 2 is 2.04 bits per heavy atom. The average molecular weight is 312 g/mol. The minimum Gasteiger partial charge on any atom is -0.467 e. The van der Waals surface area contributed by atoms with Crippen LogP contribution >= 0.6 is 0 Å². The minimum atomic E-state index is -0.714. The Labute approximate surface area is 135 Å². The molecule has 0 unspecified atom stereocenters. The van der Waals surface area contributed by atoms with Crippen molar-refractivity contribution >= 4 is 22.8 Å². The first kappa shape index (κ1) is 16.7. The standard InChI is InChI=1S/C18H20N2O3/c1-12(2)8-9-16(18(22)23-3)20-17(21)14-10-13-6-4-5-7-15(13)19-11-14/h4-8,10-11,16H,9H2,1-3H3,(H,20,21)/t16-/m1/s1. The van der Waals surface area contributed by atoms with Crippen LogP contribution in [0, 0.1) is 0 Å². The number of aromatic nitrogens is 1. The fourth-order valence-corrected chi connectivity index (χ4v) is 2.15. The number of amides is 1. The number of hydrogen-bond acceptors (Lipinski definition) is 4. The molecule has 0 radical (unpaired) electrons. The van der Waals surface area contributed by atoms with Crippen LogP contribution in [-0.4, -0.2) is 30.0 Å². The smallest absolute Gasteiger partial charge is 0.328 e. The van der Waals surface area contributed by atoms with Gasteiger partial charge in [0.2, 0.25) is 0 Å². The summed E-state index contributed by atoms with van der Waals surface area (Å²) in [5.41, 5.74) is 2.30. The maximum atomic E-state index is 12.4. The van der Waals surface area contributed by atoms with Crippen molar-refractivity contribution < 1.29 is 14.3 Å². The van der Waals surface area contributed by atoms with Crippen molar-refractivity contribution in [1.29, 1.82) is 0 Å². The van der Waals surface area contributed by atoms with Crippen LogP contribution in [0.1, 0.15) is 30.6 Å². The van der Waals surface area contributed by atoms with Gasteiger partial charge in [-0.25, -0.2) is 4.79 Å². The normalized spacial score (nSPS) is 11.6. The first-order valence-corrected chi connectivity index (χ1v) is 7.38. The predicted octanol–water partition coefficient (Wildman–Crippen LogP) is 2.86. The van der Waals surface area contributed by atoms with Crippen molar-refractivity contribution in [3.05, 3.63) is 53.7 Å². The molecule has 0 aliphatic carbocycles. The Bertz CT molecular complexity index is 749. The SMILES string of the molecule is COC(=O)[C@@H](CC=C(C)C)NC(=O)c1cnc2ccccc2c1. The number of pyridine rings is 1. The third-order valence-electron chi connectivity index (χ3n) is 3.41. The molecule has 0 saturated heterocycles. The van der Waals surface area contributed by atoms with Gasteiger partial charge in [0.05, 0.1) is 18.2 Å². The summed E-state index contributed by atoms with van der Waals surface area (Å²) in [7, 11) is 1.31. The molecular weight excluding hydrogens is 292 g/mol. The summed E-state index contributed by atoms with van der Waals surface area (Å²) >= 11 is 0. The zero-order valence-corrected chi connectivity index (χ0v) is 13.5. The number of methoxy groups -OCH3 is 1. The summed E-state index contributed by atoms with van der Waals surface area (Å²) in [5, 5.41) is 3.58. The van der Waals surface area contributed by atoms with Crippen molar-refractivity contribution in [2.75, 3.05) is 7.11 Å². The van der Waals surface area contributed by atoms with E-state index in [1.807, 2.05) is 44.2 Å². The number of benzene rings is 1. The van der Waals surface area contributed by atoms with Crippen LogP contribution in [0.3, 0.4) is 0 Å². The molecule has 1 N–H and O–H groups in total. The van der Waals surface area contributed by atoms with Crippen molar-refractivity contribution in [1.82, 2.24) is 10.3 Å². The Balaban J connectivity index is 2.18. The van der Waals surface area contributed by atoms with Crippen LogP contribution in [0.15, 0.2) is 48.2 Å². The van der Waals surface area contributed by atoms with Gasteiger partial charge in [-0.2, -0.15) is 0 Å². The number of allylic oxidation sites excluding steroid dienone is 1. The number of carbonyl (C=O) groups excluding carboxylic acids is 2. The molecule has 2 aromatic rings. The van der Waals surface area contributed by atoms with Crippen molar-refractivity contribution in [2.45, 2.75) is 26.3 Å². The molecule has 0 spiro atoms. The van der Waals surface area contributed by atoms with E-state index in [0.29, 0.717) is 12.0 Å². The molecule has 0 aliphatic rings. The molecule has 1 aromatic carbocycles. The Kier molecular flexibility index (Phi) is 5.46. The number of para-hydroxylation sites is 1. The Morgan fingerprint density at radius 3 is 2.74 bits per heavy atom. The van der Waals surface area contributed by atoms with Gasteiger partial charge < -0.3 is 10.1 Å². The third kappa shape index (κ3) is 4.39. The van der Waals surface area contributed by atoms with Gasteiger partial charge in [-0.1, -0.05) is 29.8 Å². The van der Waals surface area contributed by atoms with E-state index in [2.05, 4.69) is 10.3 Å². The number of esters is 1. The zero-order valence-electron chi connectivity index (χ0n) is 13.5. The maximum Gasteiger partial charge on any atom is 0.328 e. The molecule has 0 fully saturated rings. The van der Waals surface area contributed by atoms with Crippen LogP contribution in [0.5, 0.6) is 0 Å². The minimum absolute atomic E-state index is 0.346. The number of carbonyl (C=O) groups is 2. The topological polar surface area (TPSA) is 68.3 Å². The van der Waals surface area contributed by atoms with E-state index in [0.717, 1.165) is 16.5 Å². The first-order chi connectivity index (χ1) is 11.0. The number of fused-ring (bicyclic) bond motifs is 1. The van der Waals surface area contributed by atoms with Crippen LogP contribution < -0.4 is 5.32 Å². The van der Waals surface area contributed by atoms with Crippen molar-refractivity contribution in [3.8, 4) is 0 Å². The number of hydrogen-bond donors (Lipinski definition) is 1. The molecule has 5 heteroatoms. The number of ether oxygens (including phenoxy) is 1. The van der Waals surface area contributed by atoms with E-state index >= 15 is 0 Å². The van der Waals surface area contributed by atoms with E-state index < -0.39 is 12.0 Å². The summed E-state index contributed by atoms with van der Waals surface area (Å²) in [6.45, 7) is 3.87. The molecular formula is C18H20N2O3. The van der Waals surface area contributed by atoms with Crippen molar-refractivity contribution in [2.24, 2.45) is 0 Å². The molecule has 0 bridgehead atoms. The fraction of sp³-hybridized carbons (Fsp3) is 0.278. The molecule has 0 saturated carbocycles. The maximum absolute atomic E-state index is 12.4. The highest BCUT2D eigenvalue weighted by molar-refractivity contribution is 5.99. The average Bonchev–Trinajstić information content (AvgIpc) is 2.57. The first-order valence-electron chi connectivity index (χ1n) is 7.38. The molecule has 23 heavy (non-hydrogen) atoms. The van der Waals surface area contributed by atoms with Gasteiger partial charge in [-0.15, -0.1) is 0 Å². The van der Waals surface area contributed by atoms with Crippen LogP contribution in [-0.2, 0) is 9.53 Å². The van der Waals surface area contributed by atoms with Crippen LogP contribution in [0.2, 0.25) is 0 Å². The predicted molar refractivity (Wildman–Crippen MR) is 89.1 cm³/mol. The van der Waals surface area contributed by atoms with Gasteiger partial charge in [-0.05, 0) is 32.4 Å². The largest absolute Gasteiger partial charge is 0.467 e. The summed E-state index contributed by atoms with van der Waals surface area (Å²) in [5.74, 6) is -0.814. The lowest BCUT2D eigenvalue weighted by Gasteiger charge is -2.15. The summed E-state index contributed by atoms with van der Waals surface area (Å²) in [6, 6.07) is 8.59. The molecule has 1 heterocycles. The zero-order chi connectivity index (χ0) is 16.8. The molecule has 1 atom stereocenters. The van der Waals surface area contributed by atoms with E-state index in [1.165, 1.54) is 13.3 Å². The van der Waals surface area contributed by atoms with E-state index in [1.54, 1.807) is 6.07 Å². The molecule has 120 valence electrons. The van der Waals surface area contributed by atoms with E-state index in [-0.39, 0.29) is 5.91 Å². The molecule has 1 amide bonds. The van der Waals surface area contributed by atoms with Crippen molar-refractivity contribution in [3.63, 3.8) is 0 Å². The second-order valence-electron chi connectivity index (χ2n) is 5.48. The lowest BCUT2D eigenvalue weighted by Crippen LogP contribution is -2.41. The Morgan fingerprint density at radius 1 is 1.30 bits per heavy atom. The summed E-state index contributed by atoms with van der Waals surface area (Å²) < 4.78 is 4.75. The second-order valence-corrected chi connectivity index (χ2v) is 5.48. The highest BCUT2D eigenvalue weighted by Crippen LogP contribution is 2.13. The lowest BCUT2D eigenvalue weighted by atomic mass is 10.1. The molecule has 2 rings (SSSR count). The second kappa shape index (κ2) is 7.54.